The minimum absolute atomic E-state index is 0.290. The minimum Gasteiger partial charge on any atom is -0.486 e. The number of H-pyrrole nitrogens is 1. The molecule has 2 aliphatic heterocycles. The lowest BCUT2D eigenvalue weighted by molar-refractivity contribution is 0.102. The average Bonchev–Trinajstić information content (AvgIpc) is 3.33. The van der Waals surface area contributed by atoms with E-state index in [9.17, 15) is 4.79 Å². The van der Waals surface area contributed by atoms with Crippen LogP contribution in [-0.2, 0) is 6.54 Å². The number of nitrogens with one attached hydrogen (secondary N) is 2. The topological polar surface area (TPSA) is 92.4 Å². The SMILES string of the molecule is O=C(Nc1ccc2c(c1)OCCO2)c1n[nH]c2ccc(-c3cncc(CN4CCCCC4)c3)cc12. The van der Waals surface area contributed by atoms with E-state index in [1.165, 1.54) is 24.8 Å². The molecule has 0 spiro atoms. The Morgan fingerprint density at radius 3 is 2.69 bits per heavy atom. The fourth-order valence-electron chi connectivity index (χ4n) is 4.79. The molecule has 2 aromatic carbocycles. The summed E-state index contributed by atoms with van der Waals surface area (Å²) in [7, 11) is 0. The second-order valence-corrected chi connectivity index (χ2v) is 9.06. The van der Waals surface area contributed by atoms with E-state index in [1.54, 1.807) is 18.2 Å². The number of ether oxygens (including phenoxy) is 2. The number of likely N-dealkylation sites (tertiary alicyclic amines) is 1. The molecule has 0 atom stereocenters. The second-order valence-electron chi connectivity index (χ2n) is 9.06. The predicted octanol–water partition coefficient (Wildman–Crippen LogP) is 4.63. The Hall–Kier alpha value is -3.91. The van der Waals surface area contributed by atoms with Gasteiger partial charge in [-0.1, -0.05) is 12.5 Å². The van der Waals surface area contributed by atoms with Gasteiger partial charge in [0.2, 0.25) is 0 Å². The summed E-state index contributed by atoms with van der Waals surface area (Å²) in [4.78, 5) is 20.1. The minimum atomic E-state index is -0.290. The van der Waals surface area contributed by atoms with Crippen molar-refractivity contribution in [2.45, 2.75) is 25.8 Å². The highest BCUT2D eigenvalue weighted by atomic mass is 16.6. The molecule has 2 N–H and O–H groups in total. The number of carbonyl (C=O) groups is 1. The second kappa shape index (κ2) is 9.38. The molecular weight excluding hydrogens is 442 g/mol. The Labute approximate surface area is 203 Å². The smallest absolute Gasteiger partial charge is 0.276 e. The zero-order valence-corrected chi connectivity index (χ0v) is 19.4. The van der Waals surface area contributed by atoms with Crippen LogP contribution in [-0.4, -0.2) is 52.3 Å². The molecule has 0 radical (unpaired) electrons. The third-order valence-corrected chi connectivity index (χ3v) is 6.56. The Morgan fingerprint density at radius 2 is 1.80 bits per heavy atom. The summed E-state index contributed by atoms with van der Waals surface area (Å²) in [5, 5.41) is 11.0. The fraction of sp³-hybridized carbons (Fsp3) is 0.296. The summed E-state index contributed by atoms with van der Waals surface area (Å²) in [6.45, 7) is 4.22. The van der Waals surface area contributed by atoms with Crippen LogP contribution in [0.3, 0.4) is 0 Å². The van der Waals surface area contributed by atoms with E-state index in [-0.39, 0.29) is 5.91 Å². The molecule has 178 valence electrons. The molecule has 6 rings (SSSR count). The highest BCUT2D eigenvalue weighted by Crippen LogP contribution is 2.33. The summed E-state index contributed by atoms with van der Waals surface area (Å²) in [5.74, 6) is 1.02. The number of hydrogen-bond acceptors (Lipinski definition) is 6. The fourth-order valence-corrected chi connectivity index (χ4v) is 4.79. The first-order chi connectivity index (χ1) is 17.2. The van der Waals surface area contributed by atoms with Gasteiger partial charge in [0.05, 0.1) is 5.52 Å². The third-order valence-electron chi connectivity index (χ3n) is 6.56. The number of pyridine rings is 1. The van der Waals surface area contributed by atoms with E-state index in [0.717, 1.165) is 41.7 Å². The molecule has 8 nitrogen and oxygen atoms in total. The summed E-state index contributed by atoms with van der Waals surface area (Å²) >= 11 is 0. The van der Waals surface area contributed by atoms with E-state index < -0.39 is 0 Å². The van der Waals surface area contributed by atoms with Crippen LogP contribution >= 0.6 is 0 Å². The van der Waals surface area contributed by atoms with Crippen molar-refractivity contribution in [1.82, 2.24) is 20.1 Å². The molecular formula is C27H27N5O3. The highest BCUT2D eigenvalue weighted by molar-refractivity contribution is 6.11. The number of benzene rings is 2. The third kappa shape index (κ3) is 4.57. The molecule has 8 heteroatoms. The molecule has 1 amide bonds. The maximum Gasteiger partial charge on any atom is 0.276 e. The number of aromatic amines is 1. The van der Waals surface area contributed by atoms with Crippen LogP contribution in [0.15, 0.2) is 54.9 Å². The maximum absolute atomic E-state index is 13.1. The van der Waals surface area contributed by atoms with Crippen molar-refractivity contribution in [1.29, 1.82) is 0 Å². The van der Waals surface area contributed by atoms with Gasteiger partial charge in [0.25, 0.3) is 5.91 Å². The molecule has 0 unspecified atom stereocenters. The van der Waals surface area contributed by atoms with E-state index in [1.807, 2.05) is 30.6 Å². The summed E-state index contributed by atoms with van der Waals surface area (Å²) < 4.78 is 11.2. The van der Waals surface area contributed by atoms with Gasteiger partial charge in [0, 0.05) is 41.6 Å². The summed E-state index contributed by atoms with van der Waals surface area (Å²) in [6.07, 6.45) is 7.67. The van der Waals surface area contributed by atoms with E-state index in [4.69, 9.17) is 9.47 Å². The van der Waals surface area contributed by atoms with Gasteiger partial charge in [0.1, 0.15) is 13.2 Å². The first-order valence-electron chi connectivity index (χ1n) is 12.1. The lowest BCUT2D eigenvalue weighted by Crippen LogP contribution is -2.29. The molecule has 4 heterocycles. The highest BCUT2D eigenvalue weighted by Gasteiger charge is 2.18. The number of piperidine rings is 1. The zero-order valence-electron chi connectivity index (χ0n) is 19.4. The van der Waals surface area contributed by atoms with Gasteiger partial charge in [-0.3, -0.25) is 19.8 Å². The quantitative estimate of drug-likeness (QED) is 0.443. The van der Waals surface area contributed by atoms with Crippen LogP contribution in [0, 0.1) is 0 Å². The molecule has 1 saturated heterocycles. The Kier molecular flexibility index (Phi) is 5.79. The number of anilines is 1. The summed E-state index contributed by atoms with van der Waals surface area (Å²) in [5.41, 5.74) is 5.00. The average molecular weight is 470 g/mol. The molecule has 35 heavy (non-hydrogen) atoms. The van der Waals surface area contributed by atoms with Crippen LogP contribution in [0.1, 0.15) is 35.3 Å². The van der Waals surface area contributed by atoms with Gasteiger partial charge >= 0.3 is 0 Å². The molecule has 2 aliphatic rings. The largest absolute Gasteiger partial charge is 0.486 e. The van der Waals surface area contributed by atoms with Crippen LogP contribution in [0.4, 0.5) is 5.69 Å². The number of amides is 1. The lowest BCUT2D eigenvalue weighted by atomic mass is 10.0. The number of fused-ring (bicyclic) bond motifs is 2. The van der Waals surface area contributed by atoms with Crippen molar-refractivity contribution >= 4 is 22.5 Å². The van der Waals surface area contributed by atoms with Crippen LogP contribution in [0.2, 0.25) is 0 Å². The standard InChI is InChI=1S/C27H27N5O3/c33-27(29-21-5-7-24-25(14-21)35-11-10-34-24)26-22-13-19(4-6-23(22)30-31-26)20-12-18(15-28-16-20)17-32-8-2-1-3-9-32/h4-7,12-16H,1-3,8-11,17H2,(H,29,33)(H,30,31). The number of nitrogens with zero attached hydrogens (tertiary/aromatic N) is 3. The molecule has 0 aliphatic carbocycles. The normalized spacial score (nSPS) is 15.8. The van der Waals surface area contributed by atoms with Crippen molar-refractivity contribution in [3.8, 4) is 22.6 Å². The van der Waals surface area contributed by atoms with Crippen molar-refractivity contribution < 1.29 is 14.3 Å². The van der Waals surface area contributed by atoms with Crippen LogP contribution in [0.5, 0.6) is 11.5 Å². The number of carbonyl (C=O) groups excluding carboxylic acids is 1. The van der Waals surface area contributed by atoms with E-state index in [0.29, 0.717) is 36.1 Å². The monoisotopic (exact) mass is 469 g/mol. The Morgan fingerprint density at radius 1 is 0.943 bits per heavy atom. The van der Waals surface area contributed by atoms with Crippen LogP contribution in [0.25, 0.3) is 22.0 Å². The van der Waals surface area contributed by atoms with Gasteiger partial charge in [0.15, 0.2) is 17.2 Å². The lowest BCUT2D eigenvalue weighted by Gasteiger charge is -2.26. The van der Waals surface area contributed by atoms with Gasteiger partial charge in [-0.2, -0.15) is 5.10 Å². The van der Waals surface area contributed by atoms with Gasteiger partial charge < -0.3 is 14.8 Å². The number of rotatable bonds is 5. The molecule has 2 aromatic heterocycles. The summed E-state index contributed by atoms with van der Waals surface area (Å²) in [6, 6.07) is 13.5. The Balaban J connectivity index is 1.24. The van der Waals surface area contributed by atoms with Gasteiger partial charge in [-0.05, 0) is 67.4 Å². The molecule has 4 aromatic rings. The molecule has 0 bridgehead atoms. The molecule has 1 fully saturated rings. The number of aromatic nitrogens is 3. The van der Waals surface area contributed by atoms with Crippen molar-refractivity contribution in [3.05, 3.63) is 66.1 Å². The van der Waals surface area contributed by atoms with E-state index in [2.05, 4.69) is 31.5 Å². The van der Waals surface area contributed by atoms with Gasteiger partial charge in [-0.25, -0.2) is 0 Å². The number of hydrogen-bond donors (Lipinski definition) is 2. The van der Waals surface area contributed by atoms with Crippen molar-refractivity contribution in [2.24, 2.45) is 0 Å². The zero-order chi connectivity index (χ0) is 23.6. The first-order valence-corrected chi connectivity index (χ1v) is 12.1. The van der Waals surface area contributed by atoms with Crippen molar-refractivity contribution in [3.63, 3.8) is 0 Å². The first kappa shape index (κ1) is 21.6. The maximum atomic E-state index is 13.1. The molecule has 0 saturated carbocycles. The Bertz CT molecular complexity index is 1380. The predicted molar refractivity (Wildman–Crippen MR) is 134 cm³/mol. The van der Waals surface area contributed by atoms with Crippen LogP contribution < -0.4 is 14.8 Å². The van der Waals surface area contributed by atoms with E-state index >= 15 is 0 Å². The van der Waals surface area contributed by atoms with Crippen molar-refractivity contribution in [2.75, 3.05) is 31.6 Å². The van der Waals surface area contributed by atoms with Gasteiger partial charge in [-0.15, -0.1) is 0 Å².